The van der Waals surface area contributed by atoms with E-state index in [0.29, 0.717) is 31.5 Å². The molecular formula is C23H34O4. The highest BCUT2D eigenvalue weighted by atomic mass is 16.6. The fraction of sp³-hybridized carbons (Fsp3) is 0.696. The van der Waals surface area contributed by atoms with Crippen LogP contribution < -0.4 is 0 Å². The van der Waals surface area contributed by atoms with Crippen molar-refractivity contribution < 1.29 is 19.0 Å². The third-order valence-electron chi connectivity index (χ3n) is 6.28. The molecule has 0 amide bonds. The van der Waals surface area contributed by atoms with Crippen LogP contribution in [0.5, 0.6) is 0 Å². The SMILES string of the molecule is C[C@@H]([C@H]1OC(=O)C[C@@H]1C)[C@H]1O[C@H]([C@H](C)COCc2ccccc2)CC[C@@H]1C. The van der Waals surface area contributed by atoms with E-state index < -0.39 is 0 Å². The number of benzene rings is 1. The summed E-state index contributed by atoms with van der Waals surface area (Å²) in [6.07, 6.45) is 3.07. The van der Waals surface area contributed by atoms with Crippen molar-refractivity contribution in [2.45, 2.75) is 71.9 Å². The molecule has 150 valence electrons. The van der Waals surface area contributed by atoms with Gasteiger partial charge in [-0.25, -0.2) is 0 Å². The summed E-state index contributed by atoms with van der Waals surface area (Å²) in [5, 5.41) is 0. The lowest BCUT2D eigenvalue weighted by atomic mass is 9.79. The van der Waals surface area contributed by atoms with Gasteiger partial charge in [0.15, 0.2) is 0 Å². The van der Waals surface area contributed by atoms with E-state index in [-0.39, 0.29) is 36.1 Å². The topological polar surface area (TPSA) is 44.8 Å². The number of esters is 1. The molecule has 0 unspecified atom stereocenters. The summed E-state index contributed by atoms with van der Waals surface area (Å²) >= 11 is 0. The van der Waals surface area contributed by atoms with Crippen LogP contribution >= 0.6 is 0 Å². The molecule has 0 N–H and O–H groups in total. The van der Waals surface area contributed by atoms with Gasteiger partial charge in [-0.1, -0.05) is 58.0 Å². The van der Waals surface area contributed by atoms with Crippen LogP contribution in [0.4, 0.5) is 0 Å². The zero-order chi connectivity index (χ0) is 19.4. The summed E-state index contributed by atoms with van der Waals surface area (Å²) in [5.41, 5.74) is 1.20. The van der Waals surface area contributed by atoms with Crippen molar-refractivity contribution in [2.75, 3.05) is 6.61 Å². The van der Waals surface area contributed by atoms with E-state index in [4.69, 9.17) is 14.2 Å². The molecule has 2 fully saturated rings. The molecule has 4 nitrogen and oxygen atoms in total. The second-order valence-corrected chi connectivity index (χ2v) is 8.67. The second-order valence-electron chi connectivity index (χ2n) is 8.67. The molecule has 0 bridgehead atoms. The average Bonchev–Trinajstić information content (AvgIpc) is 3.00. The zero-order valence-electron chi connectivity index (χ0n) is 17.1. The average molecular weight is 375 g/mol. The predicted octanol–water partition coefficient (Wildman–Crippen LogP) is 4.61. The van der Waals surface area contributed by atoms with Crippen molar-refractivity contribution in [1.82, 2.24) is 0 Å². The fourth-order valence-corrected chi connectivity index (χ4v) is 4.61. The first-order valence-electron chi connectivity index (χ1n) is 10.4. The summed E-state index contributed by atoms with van der Waals surface area (Å²) in [7, 11) is 0. The zero-order valence-corrected chi connectivity index (χ0v) is 17.1. The van der Waals surface area contributed by atoms with Gasteiger partial charge in [-0.3, -0.25) is 4.79 Å². The molecule has 2 aliphatic rings. The summed E-state index contributed by atoms with van der Waals surface area (Å²) in [6.45, 7) is 10.1. The first-order valence-corrected chi connectivity index (χ1v) is 10.4. The smallest absolute Gasteiger partial charge is 0.306 e. The molecular weight excluding hydrogens is 340 g/mol. The Morgan fingerprint density at radius 3 is 2.48 bits per heavy atom. The van der Waals surface area contributed by atoms with Crippen LogP contribution in [0.15, 0.2) is 30.3 Å². The monoisotopic (exact) mass is 374 g/mol. The van der Waals surface area contributed by atoms with Crippen LogP contribution in [0, 0.1) is 23.7 Å². The maximum atomic E-state index is 11.7. The Bertz CT molecular complexity index is 602. The molecule has 2 heterocycles. The number of carbonyl (C=O) groups is 1. The van der Waals surface area contributed by atoms with Gasteiger partial charge in [0.05, 0.1) is 31.8 Å². The van der Waals surface area contributed by atoms with Crippen molar-refractivity contribution in [3.05, 3.63) is 35.9 Å². The Morgan fingerprint density at radius 2 is 1.81 bits per heavy atom. The molecule has 1 aromatic rings. The molecule has 0 saturated carbocycles. The van der Waals surface area contributed by atoms with Crippen molar-refractivity contribution in [1.29, 1.82) is 0 Å². The maximum Gasteiger partial charge on any atom is 0.306 e. The molecule has 4 heteroatoms. The molecule has 7 atom stereocenters. The van der Waals surface area contributed by atoms with E-state index in [2.05, 4.69) is 39.8 Å². The van der Waals surface area contributed by atoms with Gasteiger partial charge in [0.1, 0.15) is 6.10 Å². The molecule has 0 spiro atoms. The predicted molar refractivity (Wildman–Crippen MR) is 105 cm³/mol. The van der Waals surface area contributed by atoms with Gasteiger partial charge >= 0.3 is 5.97 Å². The van der Waals surface area contributed by atoms with E-state index in [0.717, 1.165) is 12.8 Å². The highest BCUT2D eigenvalue weighted by Gasteiger charge is 2.43. The third kappa shape index (κ3) is 5.11. The third-order valence-corrected chi connectivity index (χ3v) is 6.28. The second kappa shape index (κ2) is 9.20. The lowest BCUT2D eigenvalue weighted by Crippen LogP contribution is -2.45. The van der Waals surface area contributed by atoms with Gasteiger partial charge in [-0.15, -0.1) is 0 Å². The van der Waals surface area contributed by atoms with Gasteiger partial charge in [0.2, 0.25) is 0 Å². The Morgan fingerprint density at radius 1 is 1.07 bits per heavy atom. The number of rotatable bonds is 7. The largest absolute Gasteiger partial charge is 0.462 e. The quantitative estimate of drug-likeness (QED) is 0.654. The van der Waals surface area contributed by atoms with Crippen LogP contribution in [0.2, 0.25) is 0 Å². The van der Waals surface area contributed by atoms with Crippen molar-refractivity contribution in [2.24, 2.45) is 23.7 Å². The van der Waals surface area contributed by atoms with Crippen LogP contribution in [-0.2, 0) is 25.6 Å². The van der Waals surface area contributed by atoms with E-state index in [1.807, 2.05) is 18.2 Å². The van der Waals surface area contributed by atoms with E-state index in [1.165, 1.54) is 5.56 Å². The molecule has 0 aromatic heterocycles. The Kier molecular flexibility index (Phi) is 6.93. The first-order chi connectivity index (χ1) is 13.0. The number of hydrogen-bond acceptors (Lipinski definition) is 4. The number of carbonyl (C=O) groups excluding carboxylic acids is 1. The van der Waals surface area contributed by atoms with Gasteiger partial charge in [-0.2, -0.15) is 0 Å². The van der Waals surface area contributed by atoms with Gasteiger partial charge in [-0.05, 0) is 24.3 Å². The van der Waals surface area contributed by atoms with Gasteiger partial charge in [0, 0.05) is 17.8 Å². The maximum absolute atomic E-state index is 11.7. The summed E-state index contributed by atoms with van der Waals surface area (Å²) in [4.78, 5) is 11.7. The van der Waals surface area contributed by atoms with Crippen LogP contribution in [-0.4, -0.2) is 30.9 Å². The first kappa shape index (κ1) is 20.3. The van der Waals surface area contributed by atoms with E-state index in [1.54, 1.807) is 0 Å². The Labute approximate surface area is 163 Å². The van der Waals surface area contributed by atoms with Gasteiger partial charge in [0.25, 0.3) is 0 Å². The number of hydrogen-bond donors (Lipinski definition) is 0. The summed E-state index contributed by atoms with van der Waals surface area (Å²) in [5.74, 6) is 1.26. The fourth-order valence-electron chi connectivity index (χ4n) is 4.61. The minimum absolute atomic E-state index is 0.0201. The molecule has 2 saturated heterocycles. The minimum atomic E-state index is -0.0676. The van der Waals surface area contributed by atoms with Gasteiger partial charge < -0.3 is 14.2 Å². The van der Waals surface area contributed by atoms with Crippen LogP contribution in [0.1, 0.15) is 52.5 Å². The molecule has 1 aromatic carbocycles. The van der Waals surface area contributed by atoms with Crippen LogP contribution in [0.3, 0.4) is 0 Å². The molecule has 3 rings (SSSR count). The lowest BCUT2D eigenvalue weighted by molar-refractivity contribution is -0.161. The molecule has 0 aliphatic carbocycles. The molecule has 0 radical (unpaired) electrons. The Balaban J connectivity index is 1.52. The summed E-state index contributed by atoms with van der Waals surface area (Å²) in [6, 6.07) is 10.3. The molecule has 2 aliphatic heterocycles. The molecule has 27 heavy (non-hydrogen) atoms. The number of cyclic esters (lactones) is 1. The van der Waals surface area contributed by atoms with E-state index >= 15 is 0 Å². The highest BCUT2D eigenvalue weighted by molar-refractivity contribution is 5.72. The van der Waals surface area contributed by atoms with E-state index in [9.17, 15) is 4.79 Å². The minimum Gasteiger partial charge on any atom is -0.462 e. The van der Waals surface area contributed by atoms with Crippen LogP contribution in [0.25, 0.3) is 0 Å². The van der Waals surface area contributed by atoms with Crippen molar-refractivity contribution in [3.8, 4) is 0 Å². The normalized spacial score (nSPS) is 33.5. The summed E-state index contributed by atoms with van der Waals surface area (Å²) < 4.78 is 18.1. The number of ether oxygens (including phenoxy) is 3. The van der Waals surface area contributed by atoms with Crippen molar-refractivity contribution in [3.63, 3.8) is 0 Å². The standard InChI is InChI=1S/C23H34O4/c1-15-10-11-20(17(3)13-25-14-19-8-6-5-7-9-19)26-22(15)18(4)23-16(2)12-21(24)27-23/h5-9,15-18,20,22-23H,10-14H2,1-4H3/t15-,16-,17+,18+,20-,22-,23-/m0/s1. The highest BCUT2D eigenvalue weighted by Crippen LogP contribution is 2.38. The lowest BCUT2D eigenvalue weighted by Gasteiger charge is -2.42. The Hall–Kier alpha value is -1.39. The van der Waals surface area contributed by atoms with Crippen molar-refractivity contribution >= 4 is 5.97 Å².